The number of benzene rings is 1. The number of nitrogens with one attached hydrogen (secondary N) is 1. The maximum Gasteiger partial charge on any atom is 0.490 e. The Morgan fingerprint density at radius 2 is 1.89 bits per heavy atom. The number of alkyl halides is 3. The maximum absolute atomic E-state index is 12.4. The Bertz CT molecular complexity index is 1440. The molecule has 2 amide bonds. The molecule has 0 saturated carbocycles. The van der Waals surface area contributed by atoms with E-state index in [0.29, 0.717) is 24.3 Å². The number of aryl methyl sites for hydroxylation is 1. The van der Waals surface area contributed by atoms with Gasteiger partial charge in [-0.2, -0.15) is 18.3 Å². The number of aromatic nitrogens is 3. The summed E-state index contributed by atoms with van der Waals surface area (Å²) < 4.78 is 33.6. The molecule has 0 saturated heterocycles. The number of rotatable bonds is 3. The number of carboxylic acid groups (broad SMARTS) is 1. The van der Waals surface area contributed by atoms with Crippen molar-refractivity contribution in [2.75, 3.05) is 20.6 Å². The molecule has 1 aliphatic carbocycles. The van der Waals surface area contributed by atoms with Crippen LogP contribution in [0.1, 0.15) is 43.2 Å². The highest BCUT2D eigenvalue weighted by Crippen LogP contribution is 2.35. The molecule has 1 aromatic carbocycles. The number of pyridine rings is 1. The van der Waals surface area contributed by atoms with Crippen molar-refractivity contribution in [2.45, 2.75) is 25.6 Å². The molecule has 3 aromatic rings. The number of nitrogens with zero attached hydrogens (tertiary/aromatic N) is 4. The smallest absolute Gasteiger partial charge is 0.475 e. The third-order valence-corrected chi connectivity index (χ3v) is 6.01. The highest BCUT2D eigenvalue weighted by molar-refractivity contribution is 5.97. The first-order valence-corrected chi connectivity index (χ1v) is 11.6. The fraction of sp³-hybridized carbons (Fsp3) is 0.269. The van der Waals surface area contributed by atoms with Gasteiger partial charge >= 0.3 is 12.1 Å². The first-order valence-electron chi connectivity index (χ1n) is 11.6. The standard InChI is InChI=1S/C24H23N5O2.C2HF3O2/c1-28(2)24(31)16-5-3-4-15(12-16)6-8-18-13-20-17(14-26-18)7-9-19-21(20)27-29-11-10-25-23(30)22(19)29;3-2(4,5)1(6)7/h3-6,8,12-14H,7,9-11H2,1-2H3,(H,25,30);(H,6,7). The molecule has 0 spiro atoms. The van der Waals surface area contributed by atoms with E-state index < -0.39 is 12.1 Å². The number of aliphatic carboxylic acids is 1. The molecule has 38 heavy (non-hydrogen) atoms. The van der Waals surface area contributed by atoms with Crippen LogP contribution in [0, 0.1) is 0 Å². The van der Waals surface area contributed by atoms with E-state index in [9.17, 15) is 22.8 Å². The first-order chi connectivity index (χ1) is 18.0. The summed E-state index contributed by atoms with van der Waals surface area (Å²) in [5.41, 5.74) is 7.21. The zero-order chi connectivity index (χ0) is 27.6. The van der Waals surface area contributed by atoms with Crippen LogP contribution >= 0.6 is 0 Å². The van der Waals surface area contributed by atoms with Gasteiger partial charge in [0.2, 0.25) is 0 Å². The van der Waals surface area contributed by atoms with E-state index >= 15 is 0 Å². The molecule has 3 heterocycles. The van der Waals surface area contributed by atoms with E-state index in [2.05, 4.69) is 10.3 Å². The number of carbonyl (C=O) groups is 3. The van der Waals surface area contributed by atoms with Crippen molar-refractivity contribution in [3.8, 4) is 11.3 Å². The number of carbonyl (C=O) groups excluding carboxylic acids is 2. The minimum Gasteiger partial charge on any atom is -0.475 e. The summed E-state index contributed by atoms with van der Waals surface area (Å²) >= 11 is 0. The Hall–Kier alpha value is -4.48. The van der Waals surface area contributed by atoms with Gasteiger partial charge in [-0.1, -0.05) is 18.2 Å². The zero-order valence-corrected chi connectivity index (χ0v) is 20.5. The zero-order valence-electron chi connectivity index (χ0n) is 20.5. The molecule has 2 N–H and O–H groups in total. The quantitative estimate of drug-likeness (QED) is 0.540. The van der Waals surface area contributed by atoms with Crippen LogP contribution in [0.4, 0.5) is 13.2 Å². The van der Waals surface area contributed by atoms with Crippen LogP contribution < -0.4 is 5.32 Å². The third kappa shape index (κ3) is 5.58. The van der Waals surface area contributed by atoms with Crippen molar-refractivity contribution in [3.05, 3.63) is 70.2 Å². The summed E-state index contributed by atoms with van der Waals surface area (Å²) in [5, 5.41) is 14.8. The third-order valence-electron chi connectivity index (χ3n) is 6.01. The van der Waals surface area contributed by atoms with E-state index in [-0.39, 0.29) is 11.8 Å². The summed E-state index contributed by atoms with van der Waals surface area (Å²) in [4.78, 5) is 39.6. The summed E-state index contributed by atoms with van der Waals surface area (Å²) in [6.45, 7) is 1.31. The van der Waals surface area contributed by atoms with Crippen molar-refractivity contribution < 1.29 is 32.7 Å². The molecule has 0 bridgehead atoms. The fourth-order valence-corrected chi connectivity index (χ4v) is 4.21. The molecule has 0 fully saturated rings. The molecule has 12 heteroatoms. The Morgan fingerprint density at radius 1 is 1.16 bits per heavy atom. The summed E-state index contributed by atoms with van der Waals surface area (Å²) in [6.07, 6.45) is 2.37. The average molecular weight is 528 g/mol. The number of hydrogen-bond donors (Lipinski definition) is 2. The summed E-state index contributed by atoms with van der Waals surface area (Å²) in [5.74, 6) is -2.82. The van der Waals surface area contributed by atoms with E-state index in [1.54, 1.807) is 19.0 Å². The molecule has 2 aromatic heterocycles. The Kier molecular flexibility index (Phi) is 7.33. The monoisotopic (exact) mass is 527 g/mol. The fourth-order valence-electron chi connectivity index (χ4n) is 4.21. The SMILES string of the molecule is CN(C)C(=O)c1cccc(C=Cc2cc3c(cn2)CCc2c-3nn3c2C(=O)NCC3)c1.O=C(O)C(F)(F)F. The lowest BCUT2D eigenvalue weighted by molar-refractivity contribution is -0.192. The number of hydrogen-bond acceptors (Lipinski definition) is 5. The normalized spacial score (nSPS) is 14.0. The van der Waals surface area contributed by atoms with Crippen molar-refractivity contribution in [2.24, 2.45) is 0 Å². The Labute approximate surface area is 215 Å². The minimum atomic E-state index is -5.08. The van der Waals surface area contributed by atoms with Crippen molar-refractivity contribution in [1.29, 1.82) is 0 Å². The minimum absolute atomic E-state index is 0.0255. The van der Waals surface area contributed by atoms with Crippen molar-refractivity contribution in [1.82, 2.24) is 25.0 Å². The largest absolute Gasteiger partial charge is 0.490 e. The molecule has 0 radical (unpaired) electrons. The van der Waals surface area contributed by atoms with Crippen LogP contribution in [-0.2, 0) is 24.2 Å². The highest BCUT2D eigenvalue weighted by atomic mass is 19.4. The van der Waals surface area contributed by atoms with Gasteiger partial charge in [0.15, 0.2) is 0 Å². The molecule has 0 unspecified atom stereocenters. The molecule has 9 nitrogen and oxygen atoms in total. The van der Waals surface area contributed by atoms with E-state index in [1.807, 2.05) is 53.4 Å². The van der Waals surface area contributed by atoms with E-state index in [0.717, 1.165) is 46.5 Å². The lowest BCUT2D eigenvalue weighted by Crippen LogP contribution is -2.36. The van der Waals surface area contributed by atoms with E-state index in [4.69, 9.17) is 15.0 Å². The Balaban J connectivity index is 0.000000426. The van der Waals surface area contributed by atoms with Gasteiger partial charge in [-0.25, -0.2) is 4.79 Å². The van der Waals surface area contributed by atoms with Crippen LogP contribution in [-0.4, -0.2) is 69.4 Å². The van der Waals surface area contributed by atoms with Crippen LogP contribution in [0.2, 0.25) is 0 Å². The van der Waals surface area contributed by atoms with Gasteiger partial charge in [-0.3, -0.25) is 19.3 Å². The van der Waals surface area contributed by atoms with Gasteiger partial charge in [-0.15, -0.1) is 0 Å². The van der Waals surface area contributed by atoms with Crippen LogP contribution in [0.15, 0.2) is 36.5 Å². The van der Waals surface area contributed by atoms with Crippen LogP contribution in [0.5, 0.6) is 0 Å². The van der Waals surface area contributed by atoms with Gasteiger partial charge in [0.1, 0.15) is 5.69 Å². The molecular formula is C26H24F3N5O4. The lowest BCUT2D eigenvalue weighted by atomic mass is 9.89. The second-order valence-electron chi connectivity index (χ2n) is 8.88. The maximum atomic E-state index is 12.4. The van der Waals surface area contributed by atoms with Crippen molar-refractivity contribution >= 4 is 29.9 Å². The first kappa shape index (κ1) is 26.6. The number of halogens is 3. The topological polar surface area (TPSA) is 117 Å². The van der Waals surface area contributed by atoms with Gasteiger partial charge in [-0.05, 0) is 48.2 Å². The molecule has 5 rings (SSSR count). The van der Waals surface area contributed by atoms with Gasteiger partial charge in [0.25, 0.3) is 11.8 Å². The number of amides is 2. The molecule has 198 valence electrons. The highest BCUT2D eigenvalue weighted by Gasteiger charge is 2.38. The second-order valence-corrected chi connectivity index (χ2v) is 8.88. The van der Waals surface area contributed by atoms with E-state index in [1.165, 1.54) is 0 Å². The second kappa shape index (κ2) is 10.5. The molecule has 0 atom stereocenters. The average Bonchev–Trinajstić information content (AvgIpc) is 3.27. The van der Waals surface area contributed by atoms with Gasteiger partial charge in [0.05, 0.1) is 17.9 Å². The van der Waals surface area contributed by atoms with Crippen LogP contribution in [0.3, 0.4) is 0 Å². The van der Waals surface area contributed by atoms with Crippen molar-refractivity contribution in [3.63, 3.8) is 0 Å². The number of fused-ring (bicyclic) bond motifs is 5. The summed E-state index contributed by atoms with van der Waals surface area (Å²) in [6, 6.07) is 9.56. The Morgan fingerprint density at radius 3 is 2.58 bits per heavy atom. The predicted molar refractivity (Wildman–Crippen MR) is 132 cm³/mol. The number of carboxylic acids is 1. The molecule has 1 aliphatic heterocycles. The lowest BCUT2D eigenvalue weighted by Gasteiger charge is -2.17. The predicted octanol–water partition coefficient (Wildman–Crippen LogP) is 3.29. The van der Waals surface area contributed by atoms with Gasteiger partial charge < -0.3 is 15.3 Å². The molecule has 2 aliphatic rings. The summed E-state index contributed by atoms with van der Waals surface area (Å²) in [7, 11) is 3.49. The van der Waals surface area contributed by atoms with Gasteiger partial charge in [0, 0.05) is 43.5 Å². The van der Waals surface area contributed by atoms with Crippen LogP contribution in [0.25, 0.3) is 23.4 Å². The molecular weight excluding hydrogens is 503 g/mol.